The Morgan fingerprint density at radius 2 is 1.21 bits per heavy atom. The molecule has 0 heterocycles. The van der Waals surface area contributed by atoms with Crippen molar-refractivity contribution in [1.29, 1.82) is 0 Å². The minimum atomic E-state index is 0.822. The molecule has 0 bridgehead atoms. The summed E-state index contributed by atoms with van der Waals surface area (Å²) in [5, 5.41) is 0. The van der Waals surface area contributed by atoms with Crippen LogP contribution in [0.1, 0.15) is 59.3 Å². The largest absolute Gasteiger partial charge is 0.330 e. The highest BCUT2D eigenvalue weighted by atomic mass is 15.1. The number of nitrogens with zero attached hydrogens (tertiary/aromatic N) is 2. The summed E-state index contributed by atoms with van der Waals surface area (Å²) in [4.78, 5) is 5.17. The second-order valence-corrected chi connectivity index (χ2v) is 5.48. The molecule has 0 atom stereocenters. The molecule has 0 aromatic rings. The molecule has 0 radical (unpaired) electrons. The number of rotatable bonds is 14. The van der Waals surface area contributed by atoms with Gasteiger partial charge in [-0.1, -0.05) is 27.2 Å². The Hall–Kier alpha value is -0.120. The third-order valence-corrected chi connectivity index (χ3v) is 3.69. The Kier molecular flexibility index (Phi) is 14.2. The molecule has 0 amide bonds. The van der Waals surface area contributed by atoms with E-state index >= 15 is 0 Å². The molecule has 0 aromatic carbocycles. The van der Waals surface area contributed by atoms with Gasteiger partial charge >= 0.3 is 0 Å². The zero-order valence-electron chi connectivity index (χ0n) is 13.7. The Morgan fingerprint density at radius 3 is 1.74 bits per heavy atom. The molecule has 2 N–H and O–H groups in total. The van der Waals surface area contributed by atoms with E-state index in [9.17, 15) is 0 Å². The molecule has 0 aromatic heterocycles. The Bertz CT molecular complexity index is 165. The lowest BCUT2D eigenvalue weighted by atomic mass is 10.2. The molecule has 0 aliphatic rings. The van der Waals surface area contributed by atoms with Crippen molar-refractivity contribution in [3.63, 3.8) is 0 Å². The van der Waals surface area contributed by atoms with Crippen molar-refractivity contribution in [2.45, 2.75) is 59.3 Å². The van der Waals surface area contributed by atoms with Crippen LogP contribution >= 0.6 is 0 Å². The van der Waals surface area contributed by atoms with E-state index in [1.165, 1.54) is 71.4 Å². The van der Waals surface area contributed by atoms with E-state index in [1.807, 2.05) is 0 Å². The summed E-state index contributed by atoms with van der Waals surface area (Å²) in [6.07, 6.45) is 7.68. The molecular formula is C16H37N3. The first-order valence-electron chi connectivity index (χ1n) is 8.43. The van der Waals surface area contributed by atoms with Gasteiger partial charge in [0.05, 0.1) is 0 Å². The van der Waals surface area contributed by atoms with E-state index in [0.29, 0.717) is 0 Å². The number of hydrogen-bond donors (Lipinski definition) is 1. The van der Waals surface area contributed by atoms with Crippen molar-refractivity contribution in [2.75, 3.05) is 45.8 Å². The van der Waals surface area contributed by atoms with Gasteiger partial charge < -0.3 is 15.5 Å². The van der Waals surface area contributed by atoms with Gasteiger partial charge in [-0.15, -0.1) is 0 Å². The first-order valence-corrected chi connectivity index (χ1v) is 8.43. The Morgan fingerprint density at radius 1 is 0.632 bits per heavy atom. The lowest BCUT2D eigenvalue weighted by Crippen LogP contribution is -2.30. The number of unbranched alkanes of at least 4 members (excludes halogenated alkanes) is 2. The summed E-state index contributed by atoms with van der Waals surface area (Å²) in [7, 11) is 0. The summed E-state index contributed by atoms with van der Waals surface area (Å²) in [6.45, 7) is 15.0. The molecule has 0 spiro atoms. The Balaban J connectivity index is 3.70. The van der Waals surface area contributed by atoms with Crippen molar-refractivity contribution < 1.29 is 0 Å². The quantitative estimate of drug-likeness (QED) is 0.493. The first-order chi connectivity index (χ1) is 9.28. The fraction of sp³-hybridized carbons (Fsp3) is 1.00. The highest BCUT2D eigenvalue weighted by Crippen LogP contribution is 2.02. The predicted molar refractivity (Wildman–Crippen MR) is 86.7 cm³/mol. The van der Waals surface area contributed by atoms with Crippen molar-refractivity contribution in [3.8, 4) is 0 Å². The fourth-order valence-electron chi connectivity index (χ4n) is 2.45. The van der Waals surface area contributed by atoms with Crippen LogP contribution in [0.15, 0.2) is 0 Å². The predicted octanol–water partition coefficient (Wildman–Crippen LogP) is 2.95. The minimum Gasteiger partial charge on any atom is -0.330 e. The number of hydrogen-bond acceptors (Lipinski definition) is 3. The van der Waals surface area contributed by atoms with Gasteiger partial charge in [-0.25, -0.2) is 0 Å². The average molecular weight is 271 g/mol. The van der Waals surface area contributed by atoms with Crippen LogP contribution in [0.3, 0.4) is 0 Å². The third kappa shape index (κ3) is 11.4. The van der Waals surface area contributed by atoms with Gasteiger partial charge in [-0.05, 0) is 77.9 Å². The summed E-state index contributed by atoms with van der Waals surface area (Å²) < 4.78 is 0. The van der Waals surface area contributed by atoms with Gasteiger partial charge in [0.2, 0.25) is 0 Å². The van der Waals surface area contributed by atoms with Crippen molar-refractivity contribution >= 4 is 0 Å². The molecule has 3 heteroatoms. The summed E-state index contributed by atoms with van der Waals surface area (Å²) in [5.41, 5.74) is 5.62. The van der Waals surface area contributed by atoms with Crippen LogP contribution in [0.5, 0.6) is 0 Å². The molecule has 0 rings (SSSR count). The van der Waals surface area contributed by atoms with E-state index in [0.717, 1.165) is 13.0 Å². The topological polar surface area (TPSA) is 32.5 Å². The van der Waals surface area contributed by atoms with Gasteiger partial charge in [0.15, 0.2) is 0 Å². The second-order valence-electron chi connectivity index (χ2n) is 5.48. The standard InChI is InChI=1S/C16H37N3/c1-4-7-13-19(16-10-11-17)15-9-8-14-18(6-3)12-5-2/h4-17H2,1-3H3. The van der Waals surface area contributed by atoms with E-state index < -0.39 is 0 Å². The molecule has 0 saturated heterocycles. The molecule has 3 nitrogen and oxygen atoms in total. The maximum atomic E-state index is 5.62. The third-order valence-electron chi connectivity index (χ3n) is 3.69. The van der Waals surface area contributed by atoms with Crippen LogP contribution in [0.2, 0.25) is 0 Å². The monoisotopic (exact) mass is 271 g/mol. The van der Waals surface area contributed by atoms with Crippen molar-refractivity contribution in [3.05, 3.63) is 0 Å². The molecule has 19 heavy (non-hydrogen) atoms. The van der Waals surface area contributed by atoms with Gasteiger partial charge in [0.25, 0.3) is 0 Å². The SMILES string of the molecule is CCCCN(CCCN)CCCCN(CC)CCC. The van der Waals surface area contributed by atoms with Gasteiger partial charge in [-0.2, -0.15) is 0 Å². The fourth-order valence-corrected chi connectivity index (χ4v) is 2.45. The summed E-state index contributed by atoms with van der Waals surface area (Å²) in [5.74, 6) is 0. The number of nitrogens with two attached hydrogens (primary N) is 1. The maximum absolute atomic E-state index is 5.62. The lowest BCUT2D eigenvalue weighted by Gasteiger charge is -2.23. The molecule has 0 unspecified atom stereocenters. The zero-order chi connectivity index (χ0) is 14.3. The van der Waals surface area contributed by atoms with E-state index in [-0.39, 0.29) is 0 Å². The summed E-state index contributed by atoms with van der Waals surface area (Å²) in [6, 6.07) is 0. The molecule has 0 saturated carbocycles. The zero-order valence-corrected chi connectivity index (χ0v) is 13.7. The Labute approximate surface area is 121 Å². The van der Waals surface area contributed by atoms with E-state index in [4.69, 9.17) is 5.73 Å². The van der Waals surface area contributed by atoms with Crippen molar-refractivity contribution in [1.82, 2.24) is 9.80 Å². The van der Waals surface area contributed by atoms with Crippen molar-refractivity contribution in [2.24, 2.45) is 5.73 Å². The maximum Gasteiger partial charge on any atom is -0.000672 e. The van der Waals surface area contributed by atoms with Crippen LogP contribution in [0.4, 0.5) is 0 Å². The van der Waals surface area contributed by atoms with Crippen LogP contribution in [0.25, 0.3) is 0 Å². The van der Waals surface area contributed by atoms with E-state index in [1.54, 1.807) is 0 Å². The molecule has 116 valence electrons. The van der Waals surface area contributed by atoms with Crippen LogP contribution < -0.4 is 5.73 Å². The van der Waals surface area contributed by atoms with Crippen LogP contribution in [-0.2, 0) is 0 Å². The molecule has 0 fully saturated rings. The van der Waals surface area contributed by atoms with Gasteiger partial charge in [-0.3, -0.25) is 0 Å². The lowest BCUT2D eigenvalue weighted by molar-refractivity contribution is 0.242. The molecule has 0 aliphatic heterocycles. The second kappa shape index (κ2) is 14.3. The van der Waals surface area contributed by atoms with Gasteiger partial charge in [0, 0.05) is 0 Å². The highest BCUT2D eigenvalue weighted by Gasteiger charge is 2.05. The van der Waals surface area contributed by atoms with Crippen LogP contribution in [-0.4, -0.2) is 55.6 Å². The van der Waals surface area contributed by atoms with Crippen LogP contribution in [0, 0.1) is 0 Å². The molecular weight excluding hydrogens is 234 g/mol. The summed E-state index contributed by atoms with van der Waals surface area (Å²) >= 11 is 0. The normalized spacial score (nSPS) is 11.7. The highest BCUT2D eigenvalue weighted by molar-refractivity contribution is 4.61. The van der Waals surface area contributed by atoms with Gasteiger partial charge in [0.1, 0.15) is 0 Å². The minimum absolute atomic E-state index is 0.822. The van der Waals surface area contributed by atoms with E-state index in [2.05, 4.69) is 30.6 Å². The first kappa shape index (κ1) is 18.9. The average Bonchev–Trinajstić information content (AvgIpc) is 2.44. The smallest absolute Gasteiger partial charge is 0.000672 e. The molecule has 0 aliphatic carbocycles.